The molecule has 3 rings (SSSR count). The molecule has 2 aromatic rings. The van der Waals surface area contributed by atoms with E-state index in [9.17, 15) is 9.18 Å². The fourth-order valence-electron chi connectivity index (χ4n) is 4.63. The highest BCUT2D eigenvalue weighted by atomic mass is 35.5. The summed E-state index contributed by atoms with van der Waals surface area (Å²) in [5, 5.41) is 3.91. The van der Waals surface area contributed by atoms with Gasteiger partial charge in [0, 0.05) is 24.4 Å². The third-order valence-electron chi connectivity index (χ3n) is 6.14. The Labute approximate surface area is 184 Å². The van der Waals surface area contributed by atoms with Crippen LogP contribution in [0.25, 0.3) is 0 Å². The van der Waals surface area contributed by atoms with E-state index in [4.69, 9.17) is 16.3 Å². The standard InChI is InChI=1S/C24H30BClFNO2/c1-3-30-23(29)14-17-5-4-6-22(24(17)18-9-12-21(27)20(26)13-18)28-15(2)16-7-10-19(25)11-8-16/h7-13,15,17,22,24,28H,3-6,14,25H2,1-2H3/t15-,17?,22?,24?/m0/s1. The molecule has 0 bridgehead atoms. The van der Waals surface area contributed by atoms with Crippen LogP contribution in [0.3, 0.4) is 0 Å². The third-order valence-corrected chi connectivity index (χ3v) is 6.43. The Bertz CT molecular complexity index is 861. The van der Waals surface area contributed by atoms with Gasteiger partial charge in [-0.15, -0.1) is 0 Å². The maximum absolute atomic E-state index is 13.8. The van der Waals surface area contributed by atoms with Crippen LogP contribution in [-0.2, 0) is 9.53 Å². The predicted molar refractivity (Wildman–Crippen MR) is 123 cm³/mol. The van der Waals surface area contributed by atoms with Crippen LogP contribution in [0.5, 0.6) is 0 Å². The van der Waals surface area contributed by atoms with Crippen molar-refractivity contribution in [1.82, 2.24) is 5.32 Å². The van der Waals surface area contributed by atoms with Gasteiger partial charge in [0.25, 0.3) is 0 Å². The van der Waals surface area contributed by atoms with Crippen molar-refractivity contribution in [2.45, 2.75) is 57.5 Å². The van der Waals surface area contributed by atoms with E-state index in [2.05, 4.69) is 44.4 Å². The molecule has 30 heavy (non-hydrogen) atoms. The van der Waals surface area contributed by atoms with Crippen molar-refractivity contribution in [2.24, 2.45) is 5.92 Å². The second-order valence-corrected chi connectivity index (χ2v) is 8.71. The Morgan fingerprint density at radius 2 is 2.00 bits per heavy atom. The molecule has 3 unspecified atom stereocenters. The molecule has 2 aromatic carbocycles. The van der Waals surface area contributed by atoms with E-state index in [0.717, 1.165) is 24.8 Å². The minimum absolute atomic E-state index is 0.0640. The second kappa shape index (κ2) is 10.5. The summed E-state index contributed by atoms with van der Waals surface area (Å²) in [6.45, 7) is 4.36. The summed E-state index contributed by atoms with van der Waals surface area (Å²) in [6.07, 6.45) is 3.34. The first-order chi connectivity index (χ1) is 14.4. The van der Waals surface area contributed by atoms with Gasteiger partial charge < -0.3 is 10.1 Å². The number of esters is 1. The maximum Gasteiger partial charge on any atom is 0.306 e. The van der Waals surface area contributed by atoms with Crippen LogP contribution >= 0.6 is 11.6 Å². The highest BCUT2D eigenvalue weighted by Gasteiger charge is 2.36. The molecule has 0 aromatic heterocycles. The number of nitrogens with one attached hydrogen (secondary N) is 1. The molecule has 0 radical (unpaired) electrons. The summed E-state index contributed by atoms with van der Waals surface area (Å²) >= 11 is 6.11. The van der Waals surface area contributed by atoms with Crippen LogP contribution in [0, 0.1) is 11.7 Å². The van der Waals surface area contributed by atoms with Gasteiger partial charge in [-0.3, -0.25) is 4.79 Å². The van der Waals surface area contributed by atoms with E-state index in [1.807, 2.05) is 6.92 Å². The molecule has 1 aliphatic carbocycles. The summed E-state index contributed by atoms with van der Waals surface area (Å²) in [5.74, 6) is -0.403. The van der Waals surface area contributed by atoms with Crippen LogP contribution < -0.4 is 10.8 Å². The lowest BCUT2D eigenvalue weighted by molar-refractivity contribution is -0.144. The zero-order chi connectivity index (χ0) is 21.7. The van der Waals surface area contributed by atoms with Gasteiger partial charge >= 0.3 is 5.97 Å². The lowest BCUT2D eigenvalue weighted by Crippen LogP contribution is -2.43. The van der Waals surface area contributed by atoms with Crippen molar-refractivity contribution in [1.29, 1.82) is 0 Å². The fourth-order valence-corrected chi connectivity index (χ4v) is 4.82. The topological polar surface area (TPSA) is 38.3 Å². The lowest BCUT2D eigenvalue weighted by Gasteiger charge is -2.40. The first kappa shape index (κ1) is 22.8. The minimum atomic E-state index is -0.421. The molecule has 1 N–H and O–H groups in total. The average molecular weight is 430 g/mol. The lowest BCUT2D eigenvalue weighted by atomic mass is 9.70. The van der Waals surface area contributed by atoms with Crippen molar-refractivity contribution >= 4 is 30.9 Å². The molecule has 0 saturated heterocycles. The summed E-state index contributed by atoms with van der Waals surface area (Å²) in [5.41, 5.74) is 3.44. The van der Waals surface area contributed by atoms with Crippen LogP contribution in [0.2, 0.25) is 5.02 Å². The van der Waals surface area contributed by atoms with Crippen LogP contribution in [0.1, 0.15) is 62.6 Å². The van der Waals surface area contributed by atoms with Crippen molar-refractivity contribution in [3.8, 4) is 0 Å². The van der Waals surface area contributed by atoms with Gasteiger partial charge in [0.15, 0.2) is 0 Å². The largest absolute Gasteiger partial charge is 0.466 e. The molecule has 160 valence electrons. The maximum atomic E-state index is 13.8. The monoisotopic (exact) mass is 429 g/mol. The van der Waals surface area contributed by atoms with Gasteiger partial charge in [0.2, 0.25) is 0 Å². The third kappa shape index (κ3) is 5.64. The summed E-state index contributed by atoms with van der Waals surface area (Å²) in [7, 11) is 2.08. The van der Waals surface area contributed by atoms with E-state index >= 15 is 0 Å². The number of carbonyl (C=O) groups excluding carboxylic acids is 1. The van der Waals surface area contributed by atoms with E-state index in [1.54, 1.807) is 12.1 Å². The zero-order valence-corrected chi connectivity index (χ0v) is 18.7. The van der Waals surface area contributed by atoms with Gasteiger partial charge in [-0.25, -0.2) is 4.39 Å². The first-order valence-electron chi connectivity index (χ1n) is 10.8. The number of halogens is 2. The number of hydrogen-bond donors (Lipinski definition) is 1. The van der Waals surface area contributed by atoms with Crippen molar-refractivity contribution in [3.05, 3.63) is 64.4 Å². The average Bonchev–Trinajstić information content (AvgIpc) is 2.71. The number of rotatable bonds is 7. The van der Waals surface area contributed by atoms with E-state index in [-0.39, 0.29) is 34.9 Å². The predicted octanol–water partition coefficient (Wildman–Crippen LogP) is 4.29. The molecular formula is C24H30BClFNO2. The first-order valence-corrected chi connectivity index (χ1v) is 11.2. The highest BCUT2D eigenvalue weighted by molar-refractivity contribution is 6.32. The van der Waals surface area contributed by atoms with E-state index in [0.29, 0.717) is 13.0 Å². The van der Waals surface area contributed by atoms with Gasteiger partial charge in [-0.1, -0.05) is 53.8 Å². The van der Waals surface area contributed by atoms with Crippen LogP contribution in [0.15, 0.2) is 42.5 Å². The summed E-state index contributed by atoms with van der Waals surface area (Å²) < 4.78 is 19.0. The Hall–Kier alpha value is -1.85. The van der Waals surface area contributed by atoms with Crippen LogP contribution in [-0.4, -0.2) is 26.5 Å². The van der Waals surface area contributed by atoms with Crippen molar-refractivity contribution in [2.75, 3.05) is 6.61 Å². The Morgan fingerprint density at radius 1 is 1.27 bits per heavy atom. The highest BCUT2D eigenvalue weighted by Crippen LogP contribution is 2.41. The summed E-state index contributed by atoms with van der Waals surface area (Å²) in [6, 6.07) is 13.8. The molecule has 0 spiro atoms. The number of hydrogen-bond acceptors (Lipinski definition) is 3. The molecule has 6 heteroatoms. The van der Waals surface area contributed by atoms with Gasteiger partial charge in [-0.05, 0) is 55.9 Å². The van der Waals surface area contributed by atoms with Crippen molar-refractivity contribution < 1.29 is 13.9 Å². The number of ether oxygens (including phenoxy) is 1. The molecule has 1 aliphatic rings. The second-order valence-electron chi connectivity index (χ2n) is 8.30. The smallest absolute Gasteiger partial charge is 0.306 e. The molecule has 4 atom stereocenters. The van der Waals surface area contributed by atoms with Gasteiger partial charge in [0.1, 0.15) is 13.7 Å². The molecule has 0 aliphatic heterocycles. The fraction of sp³-hybridized carbons (Fsp3) is 0.458. The Kier molecular flexibility index (Phi) is 7.96. The SMILES string of the molecule is Bc1ccc([C@H](C)NC2CCCC(CC(=O)OCC)C2c2ccc(F)c(Cl)c2)cc1. The van der Waals surface area contributed by atoms with E-state index in [1.165, 1.54) is 17.1 Å². The molecular weight excluding hydrogens is 400 g/mol. The normalized spacial score (nSPS) is 22.5. The Balaban J connectivity index is 1.87. The Morgan fingerprint density at radius 3 is 2.67 bits per heavy atom. The molecule has 3 nitrogen and oxygen atoms in total. The van der Waals surface area contributed by atoms with Gasteiger partial charge in [0.05, 0.1) is 11.6 Å². The summed E-state index contributed by atoms with van der Waals surface area (Å²) in [4.78, 5) is 12.3. The van der Waals surface area contributed by atoms with Gasteiger partial charge in [-0.2, -0.15) is 0 Å². The minimum Gasteiger partial charge on any atom is -0.466 e. The zero-order valence-electron chi connectivity index (χ0n) is 18.0. The quantitative estimate of drug-likeness (QED) is 0.527. The number of benzene rings is 2. The number of carbonyl (C=O) groups is 1. The van der Waals surface area contributed by atoms with Crippen LogP contribution in [0.4, 0.5) is 4.39 Å². The molecule has 0 amide bonds. The molecule has 1 saturated carbocycles. The van der Waals surface area contributed by atoms with Crippen molar-refractivity contribution in [3.63, 3.8) is 0 Å². The van der Waals surface area contributed by atoms with E-state index < -0.39 is 5.82 Å². The molecule has 1 fully saturated rings. The molecule has 0 heterocycles.